The second-order valence-corrected chi connectivity index (χ2v) is 7.18. The number of non-ortho nitro benzene ring substituents is 1. The number of benzene rings is 2. The third-order valence-corrected chi connectivity index (χ3v) is 4.87. The lowest BCUT2D eigenvalue weighted by molar-refractivity contribution is -0.384. The van der Waals surface area contributed by atoms with E-state index >= 15 is 0 Å². The zero-order chi connectivity index (χ0) is 20.6. The number of nitrogens with zero attached hydrogens (tertiary/aromatic N) is 4. The summed E-state index contributed by atoms with van der Waals surface area (Å²) >= 11 is 0. The van der Waals surface area contributed by atoms with E-state index in [1.165, 1.54) is 29.5 Å². The number of amides is 1. The summed E-state index contributed by atoms with van der Waals surface area (Å²) in [6.07, 6.45) is 1.47. The van der Waals surface area contributed by atoms with Crippen LogP contribution >= 0.6 is 0 Å². The Balaban J connectivity index is 1.38. The molecule has 29 heavy (non-hydrogen) atoms. The molecule has 1 N–H and O–H groups in total. The van der Waals surface area contributed by atoms with Crippen LogP contribution in [-0.4, -0.2) is 59.6 Å². The Bertz CT molecular complexity index is 857. The summed E-state index contributed by atoms with van der Waals surface area (Å²) in [4.78, 5) is 26.8. The van der Waals surface area contributed by atoms with Crippen LogP contribution in [0.1, 0.15) is 16.7 Å². The van der Waals surface area contributed by atoms with E-state index in [0.717, 1.165) is 32.7 Å². The van der Waals surface area contributed by atoms with Crippen LogP contribution < -0.4 is 5.43 Å². The molecule has 0 spiro atoms. The maximum Gasteiger partial charge on any atom is 0.269 e. The average Bonchev–Trinajstić information content (AvgIpc) is 2.71. The number of carbonyl (C=O) groups excluding carboxylic acids is 1. The molecule has 0 atom stereocenters. The number of rotatable bonds is 7. The normalized spacial score (nSPS) is 15.5. The Morgan fingerprint density at radius 2 is 1.69 bits per heavy atom. The molecule has 1 amide bonds. The van der Waals surface area contributed by atoms with E-state index in [9.17, 15) is 14.9 Å². The van der Waals surface area contributed by atoms with Crippen molar-refractivity contribution < 1.29 is 9.72 Å². The van der Waals surface area contributed by atoms with Gasteiger partial charge in [0.15, 0.2) is 0 Å². The van der Waals surface area contributed by atoms with Gasteiger partial charge in [0.2, 0.25) is 0 Å². The molecule has 8 heteroatoms. The Hall–Kier alpha value is -3.10. The third kappa shape index (κ3) is 6.48. The second-order valence-electron chi connectivity index (χ2n) is 7.18. The zero-order valence-electron chi connectivity index (χ0n) is 16.5. The highest BCUT2D eigenvalue weighted by molar-refractivity contribution is 5.83. The van der Waals surface area contributed by atoms with Crippen LogP contribution in [0.5, 0.6) is 0 Å². The van der Waals surface area contributed by atoms with Gasteiger partial charge in [-0.3, -0.25) is 24.7 Å². The molecule has 1 aliphatic heterocycles. The molecule has 1 aliphatic rings. The van der Waals surface area contributed by atoms with Gasteiger partial charge in [0.1, 0.15) is 0 Å². The fourth-order valence-electron chi connectivity index (χ4n) is 3.16. The Labute approximate surface area is 170 Å². The van der Waals surface area contributed by atoms with Crippen molar-refractivity contribution in [2.45, 2.75) is 13.5 Å². The van der Waals surface area contributed by atoms with Crippen molar-refractivity contribution in [3.05, 3.63) is 75.3 Å². The van der Waals surface area contributed by atoms with E-state index < -0.39 is 4.92 Å². The van der Waals surface area contributed by atoms with Gasteiger partial charge in [-0.2, -0.15) is 5.10 Å². The lowest BCUT2D eigenvalue weighted by Gasteiger charge is -2.34. The van der Waals surface area contributed by atoms with Gasteiger partial charge >= 0.3 is 0 Å². The minimum atomic E-state index is -0.455. The lowest BCUT2D eigenvalue weighted by atomic mass is 10.1. The van der Waals surface area contributed by atoms with Crippen LogP contribution in [0.25, 0.3) is 0 Å². The van der Waals surface area contributed by atoms with Gasteiger partial charge in [0, 0.05) is 44.9 Å². The standard InChI is InChI=1S/C21H25N5O3/c1-17-2-4-19(5-3-17)15-24-10-12-25(13-11-24)16-21(27)23-22-14-18-6-8-20(9-7-18)26(28)29/h2-9,14H,10-13,15-16H2,1H3,(H,23,27)/b22-14-. The van der Waals surface area contributed by atoms with Gasteiger partial charge in [0.05, 0.1) is 17.7 Å². The Kier molecular flexibility index (Phi) is 7.04. The predicted molar refractivity (Wildman–Crippen MR) is 112 cm³/mol. The molecule has 2 aromatic rings. The minimum absolute atomic E-state index is 0.0210. The quantitative estimate of drug-likeness (QED) is 0.441. The van der Waals surface area contributed by atoms with E-state index in [4.69, 9.17) is 0 Å². The molecular formula is C21H25N5O3. The van der Waals surface area contributed by atoms with Gasteiger partial charge in [-0.25, -0.2) is 5.43 Å². The fourth-order valence-corrected chi connectivity index (χ4v) is 3.16. The molecular weight excluding hydrogens is 370 g/mol. The molecule has 8 nitrogen and oxygen atoms in total. The summed E-state index contributed by atoms with van der Waals surface area (Å²) in [5.74, 6) is -0.171. The molecule has 1 heterocycles. The number of piperazine rings is 1. The summed E-state index contributed by atoms with van der Waals surface area (Å²) < 4.78 is 0. The molecule has 3 rings (SSSR count). The molecule has 0 aromatic heterocycles. The number of nitro benzene ring substituents is 1. The van der Waals surface area contributed by atoms with Gasteiger partial charge in [-0.15, -0.1) is 0 Å². The highest BCUT2D eigenvalue weighted by Gasteiger charge is 2.18. The average molecular weight is 395 g/mol. The Morgan fingerprint density at radius 1 is 1.07 bits per heavy atom. The molecule has 1 saturated heterocycles. The summed E-state index contributed by atoms with van der Waals surface area (Å²) in [6.45, 7) is 6.84. The van der Waals surface area contributed by atoms with Gasteiger partial charge in [-0.05, 0) is 30.2 Å². The first-order valence-electron chi connectivity index (χ1n) is 9.56. The largest absolute Gasteiger partial charge is 0.297 e. The highest BCUT2D eigenvalue weighted by Crippen LogP contribution is 2.11. The van der Waals surface area contributed by atoms with Crippen LogP contribution in [0.2, 0.25) is 0 Å². The number of hydrogen-bond acceptors (Lipinski definition) is 6. The highest BCUT2D eigenvalue weighted by atomic mass is 16.6. The Morgan fingerprint density at radius 3 is 2.31 bits per heavy atom. The zero-order valence-corrected chi connectivity index (χ0v) is 16.5. The first-order chi connectivity index (χ1) is 14.0. The minimum Gasteiger partial charge on any atom is -0.297 e. The number of aryl methyl sites for hydroxylation is 1. The number of nitrogens with one attached hydrogen (secondary N) is 1. The molecule has 1 fully saturated rings. The number of hydrogen-bond donors (Lipinski definition) is 1. The summed E-state index contributed by atoms with van der Waals surface area (Å²) in [7, 11) is 0. The molecule has 0 unspecified atom stereocenters. The van der Waals surface area contributed by atoms with Crippen molar-refractivity contribution in [3.8, 4) is 0 Å². The second kappa shape index (κ2) is 9.90. The first-order valence-corrected chi connectivity index (χ1v) is 9.56. The van der Waals surface area contributed by atoms with Crippen LogP contribution in [0.3, 0.4) is 0 Å². The van der Waals surface area contributed by atoms with Crippen molar-refractivity contribution in [3.63, 3.8) is 0 Å². The van der Waals surface area contributed by atoms with Crippen LogP contribution in [0.4, 0.5) is 5.69 Å². The first kappa shape index (κ1) is 20.6. The molecule has 0 saturated carbocycles. The molecule has 0 bridgehead atoms. The number of hydrazone groups is 1. The van der Waals surface area contributed by atoms with Crippen molar-refractivity contribution >= 4 is 17.8 Å². The topological polar surface area (TPSA) is 91.1 Å². The lowest BCUT2D eigenvalue weighted by Crippen LogP contribution is -2.48. The smallest absolute Gasteiger partial charge is 0.269 e. The van der Waals surface area contributed by atoms with Crippen LogP contribution in [0, 0.1) is 17.0 Å². The molecule has 0 aliphatic carbocycles. The maximum absolute atomic E-state index is 12.1. The summed E-state index contributed by atoms with van der Waals surface area (Å²) in [6, 6.07) is 14.6. The van der Waals surface area contributed by atoms with E-state index in [2.05, 4.69) is 51.5 Å². The number of carbonyl (C=O) groups is 1. The van der Waals surface area contributed by atoms with Crippen molar-refractivity contribution in [1.82, 2.24) is 15.2 Å². The van der Waals surface area contributed by atoms with Gasteiger partial charge in [0.25, 0.3) is 11.6 Å². The maximum atomic E-state index is 12.1. The van der Waals surface area contributed by atoms with Crippen LogP contribution in [0.15, 0.2) is 53.6 Å². The van der Waals surface area contributed by atoms with Crippen molar-refractivity contribution in [1.29, 1.82) is 0 Å². The molecule has 0 radical (unpaired) electrons. The third-order valence-electron chi connectivity index (χ3n) is 4.87. The van der Waals surface area contributed by atoms with E-state index in [1.807, 2.05) is 0 Å². The van der Waals surface area contributed by atoms with Gasteiger partial charge in [-0.1, -0.05) is 29.8 Å². The summed E-state index contributed by atoms with van der Waals surface area (Å²) in [5.41, 5.74) is 5.79. The van der Waals surface area contributed by atoms with Crippen molar-refractivity contribution in [2.75, 3.05) is 32.7 Å². The SMILES string of the molecule is Cc1ccc(CN2CCN(CC(=O)N/N=C\c3ccc([N+](=O)[O-])cc3)CC2)cc1. The van der Waals surface area contributed by atoms with Gasteiger partial charge < -0.3 is 0 Å². The monoisotopic (exact) mass is 395 g/mol. The van der Waals surface area contributed by atoms with E-state index in [1.54, 1.807) is 12.1 Å². The number of nitro groups is 1. The van der Waals surface area contributed by atoms with Crippen molar-refractivity contribution in [2.24, 2.45) is 5.10 Å². The van der Waals surface area contributed by atoms with Crippen LogP contribution in [-0.2, 0) is 11.3 Å². The van der Waals surface area contributed by atoms with E-state index in [0.29, 0.717) is 12.1 Å². The molecule has 152 valence electrons. The summed E-state index contributed by atoms with van der Waals surface area (Å²) in [5, 5.41) is 14.6. The predicted octanol–water partition coefficient (Wildman–Crippen LogP) is 2.17. The van der Waals surface area contributed by atoms with E-state index in [-0.39, 0.29) is 11.6 Å². The molecule has 2 aromatic carbocycles. The fraction of sp³-hybridized carbons (Fsp3) is 0.333.